The first-order valence-electron chi connectivity index (χ1n) is 6.86. The first-order chi connectivity index (χ1) is 10.6. The third-order valence-corrected chi connectivity index (χ3v) is 5.31. The molecule has 1 atom stereocenters. The topological polar surface area (TPSA) is 59.8 Å². The molecule has 0 aliphatic heterocycles. The number of rotatable bonds is 5. The Morgan fingerprint density at radius 2 is 2.27 bits per heavy atom. The Morgan fingerprint density at radius 3 is 2.86 bits per heavy atom. The van der Waals surface area contributed by atoms with Crippen LogP contribution in [-0.4, -0.2) is 20.7 Å². The van der Waals surface area contributed by atoms with Gasteiger partial charge in [0.15, 0.2) is 0 Å². The number of nitrogens with one attached hydrogen (secondary N) is 1. The van der Waals surface area contributed by atoms with Crippen LogP contribution in [-0.2, 0) is 13.5 Å². The average molecular weight is 332 g/mol. The van der Waals surface area contributed by atoms with E-state index in [0.717, 1.165) is 17.1 Å². The fourth-order valence-corrected chi connectivity index (χ4v) is 3.64. The maximum atomic E-state index is 12.5. The van der Waals surface area contributed by atoms with Crippen LogP contribution in [0, 0.1) is 6.92 Å². The smallest absolute Gasteiger partial charge is 0.255 e. The first kappa shape index (κ1) is 14.9. The molecule has 0 bridgehead atoms. The van der Waals surface area contributed by atoms with E-state index in [1.54, 1.807) is 39.7 Å². The van der Waals surface area contributed by atoms with Crippen molar-refractivity contribution in [1.82, 2.24) is 20.1 Å². The van der Waals surface area contributed by atoms with Gasteiger partial charge in [0.1, 0.15) is 5.01 Å². The van der Waals surface area contributed by atoms with Crippen LogP contribution in [0.15, 0.2) is 35.3 Å². The lowest BCUT2D eigenvalue weighted by atomic mass is 10.1. The fourth-order valence-electron chi connectivity index (χ4n) is 2.19. The van der Waals surface area contributed by atoms with E-state index >= 15 is 0 Å². The summed E-state index contributed by atoms with van der Waals surface area (Å²) in [6, 6.07) is 3.98. The van der Waals surface area contributed by atoms with Crippen LogP contribution in [0.2, 0.25) is 0 Å². The highest BCUT2D eigenvalue weighted by Crippen LogP contribution is 2.23. The highest BCUT2D eigenvalue weighted by atomic mass is 32.1. The summed E-state index contributed by atoms with van der Waals surface area (Å²) >= 11 is 3.25. The van der Waals surface area contributed by atoms with Gasteiger partial charge in [0.25, 0.3) is 5.91 Å². The van der Waals surface area contributed by atoms with E-state index in [2.05, 4.69) is 21.5 Å². The number of thiophene rings is 1. The molecule has 1 amide bonds. The van der Waals surface area contributed by atoms with Gasteiger partial charge < -0.3 is 5.32 Å². The molecular formula is C15H16N4OS2. The summed E-state index contributed by atoms with van der Waals surface area (Å²) in [5, 5.41) is 12.1. The maximum Gasteiger partial charge on any atom is 0.255 e. The second-order valence-corrected chi connectivity index (χ2v) is 6.91. The summed E-state index contributed by atoms with van der Waals surface area (Å²) in [4.78, 5) is 18.1. The van der Waals surface area contributed by atoms with Gasteiger partial charge in [-0.2, -0.15) is 5.10 Å². The van der Waals surface area contributed by atoms with E-state index in [1.807, 2.05) is 30.8 Å². The zero-order valence-corrected chi connectivity index (χ0v) is 13.9. The first-order valence-corrected chi connectivity index (χ1v) is 8.62. The third-order valence-electron chi connectivity index (χ3n) is 3.52. The molecule has 5 nitrogen and oxygen atoms in total. The molecule has 22 heavy (non-hydrogen) atoms. The number of hydrogen-bond acceptors (Lipinski definition) is 5. The molecule has 1 N–H and O–H groups in total. The van der Waals surface area contributed by atoms with Crippen molar-refractivity contribution in [3.63, 3.8) is 0 Å². The van der Waals surface area contributed by atoms with Crippen LogP contribution >= 0.6 is 22.7 Å². The number of amides is 1. The molecule has 0 unspecified atom stereocenters. The maximum absolute atomic E-state index is 12.5. The Labute approximate surface area is 136 Å². The number of aryl methyl sites for hydroxylation is 1. The molecule has 0 saturated heterocycles. The summed E-state index contributed by atoms with van der Waals surface area (Å²) in [7, 11) is 1.83. The van der Waals surface area contributed by atoms with Gasteiger partial charge >= 0.3 is 0 Å². The van der Waals surface area contributed by atoms with Gasteiger partial charge in [-0.25, -0.2) is 4.98 Å². The molecule has 0 aliphatic rings. The Bertz CT molecular complexity index is 747. The molecule has 3 rings (SSSR count). The van der Waals surface area contributed by atoms with Crippen LogP contribution in [0.3, 0.4) is 0 Å². The monoisotopic (exact) mass is 332 g/mol. The second-order valence-electron chi connectivity index (χ2n) is 4.95. The largest absolute Gasteiger partial charge is 0.342 e. The second kappa shape index (κ2) is 6.41. The number of carbonyl (C=O) groups excluding carboxylic acids is 1. The predicted octanol–water partition coefficient (Wildman–Crippen LogP) is 2.96. The van der Waals surface area contributed by atoms with Crippen molar-refractivity contribution >= 4 is 28.6 Å². The fraction of sp³-hybridized carbons (Fsp3) is 0.267. The van der Waals surface area contributed by atoms with Gasteiger partial charge in [-0.3, -0.25) is 9.48 Å². The lowest BCUT2D eigenvalue weighted by Gasteiger charge is -2.15. The lowest BCUT2D eigenvalue weighted by molar-refractivity contribution is 0.0936. The summed E-state index contributed by atoms with van der Waals surface area (Å²) in [6.07, 6.45) is 4.12. The number of carbonyl (C=O) groups is 1. The molecular weight excluding hydrogens is 316 g/mol. The summed E-state index contributed by atoms with van der Waals surface area (Å²) in [5.74, 6) is -0.109. The van der Waals surface area contributed by atoms with E-state index in [4.69, 9.17) is 0 Å². The molecule has 0 spiro atoms. The minimum Gasteiger partial charge on any atom is -0.342 e. The molecule has 114 valence electrons. The van der Waals surface area contributed by atoms with Gasteiger partial charge in [0.05, 0.1) is 17.8 Å². The zero-order valence-electron chi connectivity index (χ0n) is 12.3. The standard InChI is InChI=1S/C15H16N4OS2/c1-10-12(9-17-19(10)2)14(20)18-13(15-16-5-7-22-15)8-11-4-3-6-21-11/h3-7,9,13H,8H2,1-2H3,(H,18,20)/t13-/m0/s1. The summed E-state index contributed by atoms with van der Waals surface area (Å²) < 4.78 is 1.70. The van der Waals surface area contributed by atoms with E-state index in [0.29, 0.717) is 5.56 Å². The van der Waals surface area contributed by atoms with E-state index < -0.39 is 0 Å². The highest BCUT2D eigenvalue weighted by Gasteiger charge is 2.21. The van der Waals surface area contributed by atoms with Crippen molar-refractivity contribution in [2.45, 2.75) is 19.4 Å². The summed E-state index contributed by atoms with van der Waals surface area (Å²) in [6.45, 7) is 1.89. The Morgan fingerprint density at radius 1 is 1.41 bits per heavy atom. The Hall–Kier alpha value is -1.99. The molecule has 7 heteroatoms. The Kier molecular flexibility index (Phi) is 4.35. The number of thiazole rings is 1. The van der Waals surface area contributed by atoms with Crippen LogP contribution in [0.5, 0.6) is 0 Å². The van der Waals surface area contributed by atoms with Gasteiger partial charge in [0, 0.05) is 35.6 Å². The normalized spacial score (nSPS) is 12.3. The van der Waals surface area contributed by atoms with Crippen molar-refractivity contribution in [3.05, 3.63) is 56.4 Å². The third kappa shape index (κ3) is 3.10. The van der Waals surface area contributed by atoms with Crippen molar-refractivity contribution in [2.75, 3.05) is 0 Å². The zero-order chi connectivity index (χ0) is 15.5. The number of nitrogens with zero attached hydrogens (tertiary/aromatic N) is 3. The average Bonchev–Trinajstić information content (AvgIpc) is 3.23. The molecule has 3 aromatic heterocycles. The molecule has 0 saturated carbocycles. The van der Waals surface area contributed by atoms with Gasteiger partial charge in [-0.05, 0) is 18.4 Å². The molecule has 3 aromatic rings. The molecule has 3 heterocycles. The predicted molar refractivity (Wildman–Crippen MR) is 88.3 cm³/mol. The SMILES string of the molecule is Cc1c(C(=O)N[C@@H](Cc2cccs2)c2nccs2)cnn1C. The van der Waals surface area contributed by atoms with Crippen LogP contribution in [0.25, 0.3) is 0 Å². The minimum absolute atomic E-state index is 0.109. The van der Waals surface area contributed by atoms with Crippen molar-refractivity contribution in [1.29, 1.82) is 0 Å². The molecule has 0 radical (unpaired) electrons. The van der Waals surface area contributed by atoms with Crippen molar-refractivity contribution in [3.8, 4) is 0 Å². The summed E-state index contributed by atoms with van der Waals surface area (Å²) in [5.41, 5.74) is 1.46. The van der Waals surface area contributed by atoms with Crippen LogP contribution in [0.4, 0.5) is 0 Å². The Balaban J connectivity index is 1.81. The quantitative estimate of drug-likeness (QED) is 0.781. The number of aromatic nitrogens is 3. The highest BCUT2D eigenvalue weighted by molar-refractivity contribution is 7.10. The molecule has 0 aromatic carbocycles. The lowest BCUT2D eigenvalue weighted by Crippen LogP contribution is -2.30. The van der Waals surface area contributed by atoms with E-state index in [1.165, 1.54) is 4.88 Å². The van der Waals surface area contributed by atoms with E-state index in [-0.39, 0.29) is 11.9 Å². The van der Waals surface area contributed by atoms with Gasteiger partial charge in [0.2, 0.25) is 0 Å². The van der Waals surface area contributed by atoms with Gasteiger partial charge in [-0.15, -0.1) is 22.7 Å². The molecule has 0 fully saturated rings. The number of hydrogen-bond donors (Lipinski definition) is 1. The molecule has 0 aliphatic carbocycles. The van der Waals surface area contributed by atoms with E-state index in [9.17, 15) is 4.79 Å². The van der Waals surface area contributed by atoms with Crippen molar-refractivity contribution in [2.24, 2.45) is 7.05 Å². The van der Waals surface area contributed by atoms with Crippen LogP contribution < -0.4 is 5.32 Å². The van der Waals surface area contributed by atoms with Crippen molar-refractivity contribution < 1.29 is 4.79 Å². The van der Waals surface area contributed by atoms with Gasteiger partial charge in [-0.1, -0.05) is 6.07 Å². The minimum atomic E-state index is -0.120. The van der Waals surface area contributed by atoms with Crippen LogP contribution in [0.1, 0.15) is 32.0 Å².